The van der Waals surface area contributed by atoms with E-state index in [1.807, 2.05) is 18.7 Å². The molecule has 0 spiro atoms. The van der Waals surface area contributed by atoms with Crippen LogP contribution in [-0.4, -0.2) is 22.8 Å². The van der Waals surface area contributed by atoms with Crippen LogP contribution in [-0.2, 0) is 11.3 Å². The summed E-state index contributed by atoms with van der Waals surface area (Å²) in [6, 6.07) is 29.7. The van der Waals surface area contributed by atoms with Crippen LogP contribution >= 0.6 is 11.8 Å². The highest BCUT2D eigenvalue weighted by atomic mass is 32.2. The Morgan fingerprint density at radius 2 is 1.59 bits per heavy atom. The minimum Gasteiger partial charge on any atom is -0.382 e. The normalized spacial score (nSPS) is 12.3. The number of ether oxygens (including phenoxy) is 1. The number of para-hydroxylation sites is 2. The van der Waals surface area contributed by atoms with Crippen LogP contribution in [0.4, 0.5) is 0 Å². The molecule has 0 fully saturated rings. The van der Waals surface area contributed by atoms with E-state index in [0.29, 0.717) is 0 Å². The van der Waals surface area contributed by atoms with E-state index < -0.39 is 0 Å². The molecule has 0 aliphatic heterocycles. The Bertz CT molecular complexity index is 1030. The van der Waals surface area contributed by atoms with Gasteiger partial charge < -0.3 is 9.30 Å². The van der Waals surface area contributed by atoms with Gasteiger partial charge in [-0.3, -0.25) is 0 Å². The lowest BCUT2D eigenvalue weighted by Gasteiger charge is -2.19. The van der Waals surface area contributed by atoms with Crippen molar-refractivity contribution in [2.75, 3.05) is 13.2 Å². The minimum absolute atomic E-state index is 0.123. The molecule has 0 saturated carbocycles. The largest absolute Gasteiger partial charge is 0.382 e. The van der Waals surface area contributed by atoms with E-state index in [9.17, 15) is 0 Å². The maximum Gasteiger partial charge on any atom is 0.127 e. The van der Waals surface area contributed by atoms with Crippen LogP contribution < -0.4 is 0 Å². The lowest BCUT2D eigenvalue weighted by molar-refractivity contribution is 0.141. The Morgan fingerprint density at radius 1 is 0.897 bits per heavy atom. The molecule has 0 amide bonds. The van der Waals surface area contributed by atoms with Crippen LogP contribution in [0.1, 0.15) is 30.0 Å². The second kappa shape index (κ2) is 9.77. The number of aromatic nitrogens is 2. The van der Waals surface area contributed by atoms with Crippen molar-refractivity contribution in [3.05, 3.63) is 96.3 Å². The molecule has 0 bridgehead atoms. The van der Waals surface area contributed by atoms with Crippen molar-refractivity contribution in [1.82, 2.24) is 9.55 Å². The van der Waals surface area contributed by atoms with E-state index >= 15 is 0 Å². The Hall–Kier alpha value is -2.56. The molecule has 1 unspecified atom stereocenters. The van der Waals surface area contributed by atoms with Gasteiger partial charge in [0.2, 0.25) is 0 Å². The van der Waals surface area contributed by atoms with E-state index in [-0.39, 0.29) is 5.25 Å². The van der Waals surface area contributed by atoms with Crippen LogP contribution in [0.25, 0.3) is 11.0 Å². The zero-order valence-electron chi connectivity index (χ0n) is 16.7. The summed E-state index contributed by atoms with van der Waals surface area (Å²) in [4.78, 5) is 6.33. The number of rotatable bonds is 9. The Kier molecular flexibility index (Phi) is 6.65. The molecule has 0 aliphatic carbocycles. The molecule has 4 heteroatoms. The summed E-state index contributed by atoms with van der Waals surface area (Å²) >= 11 is 1.85. The first-order valence-corrected chi connectivity index (χ1v) is 11.0. The molecule has 1 atom stereocenters. The standard InChI is InChI=1S/C25H26N2OS/c1-2-28-19-11-18-27-23-17-10-9-16-22(23)26-25(27)24(20-12-5-3-6-13-20)29-21-14-7-4-8-15-21/h3-10,12-17,24H,2,11,18-19H2,1H3. The fourth-order valence-electron chi connectivity index (χ4n) is 3.53. The third-order valence-corrected chi connectivity index (χ3v) is 6.16. The maximum absolute atomic E-state index is 5.59. The molecule has 148 valence electrons. The van der Waals surface area contributed by atoms with Gasteiger partial charge in [0.15, 0.2) is 0 Å². The SMILES string of the molecule is CCOCCCn1c(C(Sc2ccccc2)c2ccccc2)nc2ccccc21. The van der Waals surface area contributed by atoms with Crippen LogP contribution in [0.2, 0.25) is 0 Å². The third kappa shape index (κ3) is 4.72. The van der Waals surface area contributed by atoms with Gasteiger partial charge in [-0.2, -0.15) is 0 Å². The first kappa shape index (κ1) is 19.7. The quantitative estimate of drug-likeness (QED) is 0.241. The first-order valence-electron chi connectivity index (χ1n) is 10.2. The van der Waals surface area contributed by atoms with E-state index in [1.165, 1.54) is 16.0 Å². The van der Waals surface area contributed by atoms with Crippen molar-refractivity contribution in [3.63, 3.8) is 0 Å². The first-order chi connectivity index (χ1) is 14.4. The van der Waals surface area contributed by atoms with Gasteiger partial charge >= 0.3 is 0 Å². The summed E-state index contributed by atoms with van der Waals surface area (Å²) in [5.74, 6) is 1.10. The number of fused-ring (bicyclic) bond motifs is 1. The Balaban J connectivity index is 1.76. The van der Waals surface area contributed by atoms with E-state index in [4.69, 9.17) is 9.72 Å². The van der Waals surface area contributed by atoms with Crippen molar-refractivity contribution < 1.29 is 4.74 Å². The molecular formula is C25H26N2OS. The van der Waals surface area contributed by atoms with Gasteiger partial charge in [0, 0.05) is 24.7 Å². The fraction of sp³-hybridized carbons (Fsp3) is 0.240. The molecule has 1 heterocycles. The van der Waals surface area contributed by atoms with Gasteiger partial charge in [-0.1, -0.05) is 60.7 Å². The summed E-state index contributed by atoms with van der Waals surface area (Å²) in [5.41, 5.74) is 3.50. The number of imidazole rings is 1. The number of thioether (sulfide) groups is 1. The lowest BCUT2D eigenvalue weighted by atomic mass is 10.1. The highest BCUT2D eigenvalue weighted by Gasteiger charge is 2.23. The zero-order chi connectivity index (χ0) is 19.9. The van der Waals surface area contributed by atoms with Crippen molar-refractivity contribution in [3.8, 4) is 0 Å². The summed E-state index contributed by atoms with van der Waals surface area (Å²) in [5, 5.41) is 0.123. The molecule has 29 heavy (non-hydrogen) atoms. The Morgan fingerprint density at radius 3 is 2.34 bits per heavy atom. The number of aryl methyl sites for hydroxylation is 1. The van der Waals surface area contributed by atoms with Crippen LogP contribution in [0.3, 0.4) is 0 Å². The van der Waals surface area contributed by atoms with Gasteiger partial charge in [0.1, 0.15) is 5.82 Å². The van der Waals surface area contributed by atoms with Crippen molar-refractivity contribution in [1.29, 1.82) is 0 Å². The second-order valence-corrected chi connectivity index (χ2v) is 8.06. The molecule has 0 saturated heterocycles. The summed E-state index contributed by atoms with van der Waals surface area (Å²) in [6.07, 6.45) is 0.971. The summed E-state index contributed by atoms with van der Waals surface area (Å²) < 4.78 is 7.96. The molecule has 4 aromatic rings. The molecule has 0 aliphatic rings. The van der Waals surface area contributed by atoms with Crippen LogP contribution in [0.5, 0.6) is 0 Å². The van der Waals surface area contributed by atoms with E-state index in [0.717, 1.165) is 37.5 Å². The van der Waals surface area contributed by atoms with Crippen LogP contribution in [0.15, 0.2) is 89.8 Å². The highest BCUT2D eigenvalue weighted by molar-refractivity contribution is 7.99. The molecule has 1 aromatic heterocycles. The average Bonchev–Trinajstić information content (AvgIpc) is 3.15. The predicted molar refractivity (Wildman–Crippen MR) is 121 cm³/mol. The van der Waals surface area contributed by atoms with Gasteiger partial charge in [-0.25, -0.2) is 4.98 Å². The Labute approximate surface area is 176 Å². The van der Waals surface area contributed by atoms with Gasteiger partial charge in [-0.05, 0) is 43.2 Å². The second-order valence-electron chi connectivity index (χ2n) is 6.88. The average molecular weight is 403 g/mol. The smallest absolute Gasteiger partial charge is 0.127 e. The lowest BCUT2D eigenvalue weighted by Crippen LogP contribution is -2.10. The fourth-order valence-corrected chi connectivity index (χ4v) is 4.70. The number of benzene rings is 3. The van der Waals surface area contributed by atoms with Crippen molar-refractivity contribution in [2.45, 2.75) is 30.0 Å². The molecule has 0 N–H and O–H groups in total. The molecule has 0 radical (unpaired) electrons. The number of nitrogens with zero attached hydrogens (tertiary/aromatic N) is 2. The van der Waals surface area contributed by atoms with Gasteiger partial charge in [0.05, 0.1) is 16.3 Å². The molecule has 3 aromatic carbocycles. The maximum atomic E-state index is 5.59. The van der Waals surface area contributed by atoms with E-state index in [2.05, 4.69) is 89.5 Å². The van der Waals surface area contributed by atoms with Crippen LogP contribution in [0, 0.1) is 0 Å². The summed E-state index contributed by atoms with van der Waals surface area (Å²) in [6.45, 7) is 4.47. The predicted octanol–water partition coefficient (Wildman–Crippen LogP) is 6.34. The number of hydrogen-bond donors (Lipinski definition) is 0. The van der Waals surface area contributed by atoms with Gasteiger partial charge in [0.25, 0.3) is 0 Å². The topological polar surface area (TPSA) is 27.1 Å². The van der Waals surface area contributed by atoms with Crippen molar-refractivity contribution >= 4 is 22.8 Å². The highest BCUT2D eigenvalue weighted by Crippen LogP contribution is 2.41. The van der Waals surface area contributed by atoms with E-state index in [1.54, 1.807) is 0 Å². The molecule has 4 rings (SSSR count). The monoisotopic (exact) mass is 402 g/mol. The molecule has 3 nitrogen and oxygen atoms in total. The molecular weight excluding hydrogens is 376 g/mol. The number of hydrogen-bond acceptors (Lipinski definition) is 3. The van der Waals surface area contributed by atoms with Gasteiger partial charge in [-0.15, -0.1) is 11.8 Å². The summed E-state index contributed by atoms with van der Waals surface area (Å²) in [7, 11) is 0. The van der Waals surface area contributed by atoms with Crippen molar-refractivity contribution in [2.24, 2.45) is 0 Å². The third-order valence-electron chi connectivity index (χ3n) is 4.89. The zero-order valence-corrected chi connectivity index (χ0v) is 17.5. The minimum atomic E-state index is 0.123.